The first-order chi connectivity index (χ1) is 4.13. The Morgan fingerprint density at radius 2 is 2.22 bits per heavy atom. The highest BCUT2D eigenvalue weighted by Crippen LogP contribution is 1.83. The molecular formula is C6H10ClNO. The van der Waals surface area contributed by atoms with Crippen molar-refractivity contribution in [2.75, 3.05) is 20.6 Å². The van der Waals surface area contributed by atoms with E-state index in [4.69, 9.17) is 11.6 Å². The molecule has 0 bridgehead atoms. The minimum Gasteiger partial charge on any atom is -0.306 e. The fourth-order valence-corrected chi connectivity index (χ4v) is 0.445. The molecule has 52 valence electrons. The van der Waals surface area contributed by atoms with Gasteiger partial charge in [-0.25, -0.2) is 0 Å². The van der Waals surface area contributed by atoms with Crippen LogP contribution in [0.3, 0.4) is 0 Å². The Balaban J connectivity index is 3.36. The molecule has 0 saturated carbocycles. The van der Waals surface area contributed by atoms with E-state index in [-0.39, 0.29) is 0 Å². The molecule has 0 rings (SSSR count). The van der Waals surface area contributed by atoms with Gasteiger partial charge in [0.15, 0.2) is 0 Å². The number of halogens is 1. The summed E-state index contributed by atoms with van der Waals surface area (Å²) in [4.78, 5) is 12.0. The number of hydrogen-bond donors (Lipinski definition) is 0. The molecule has 0 saturated heterocycles. The van der Waals surface area contributed by atoms with Crippen LogP contribution in [0.25, 0.3) is 0 Å². The van der Waals surface area contributed by atoms with Crippen LogP contribution in [0.2, 0.25) is 0 Å². The van der Waals surface area contributed by atoms with Gasteiger partial charge in [-0.1, -0.05) is 6.08 Å². The van der Waals surface area contributed by atoms with Gasteiger partial charge in [-0.2, -0.15) is 0 Å². The van der Waals surface area contributed by atoms with Crippen molar-refractivity contribution in [1.29, 1.82) is 0 Å². The van der Waals surface area contributed by atoms with E-state index in [9.17, 15) is 4.79 Å². The minimum atomic E-state index is -0.420. The molecule has 0 atom stereocenters. The lowest BCUT2D eigenvalue weighted by atomic mass is 10.5. The first-order valence-electron chi connectivity index (χ1n) is 2.63. The lowest BCUT2D eigenvalue weighted by Crippen LogP contribution is -2.10. The summed E-state index contributed by atoms with van der Waals surface area (Å²) < 4.78 is 0. The van der Waals surface area contributed by atoms with Crippen LogP contribution in [0.15, 0.2) is 12.2 Å². The fourth-order valence-electron chi connectivity index (χ4n) is 0.356. The number of rotatable bonds is 3. The smallest absolute Gasteiger partial charge is 0.244 e. The molecule has 0 aromatic heterocycles. The summed E-state index contributed by atoms with van der Waals surface area (Å²) in [5.74, 6) is 0. The number of carbonyl (C=O) groups excluding carboxylic acids is 1. The maximum Gasteiger partial charge on any atom is 0.244 e. The molecule has 0 aliphatic rings. The van der Waals surface area contributed by atoms with Crippen molar-refractivity contribution >= 4 is 16.8 Å². The SMILES string of the molecule is CN(C)CC=CC(=O)Cl. The van der Waals surface area contributed by atoms with E-state index < -0.39 is 5.24 Å². The predicted octanol–water partition coefficient (Wildman–Crippen LogP) is 0.870. The van der Waals surface area contributed by atoms with Crippen molar-refractivity contribution in [3.05, 3.63) is 12.2 Å². The van der Waals surface area contributed by atoms with Crippen LogP contribution in [0.1, 0.15) is 0 Å². The number of likely N-dealkylation sites (N-methyl/N-ethyl adjacent to an activating group) is 1. The molecule has 0 fully saturated rings. The molecule has 0 aliphatic carbocycles. The van der Waals surface area contributed by atoms with Crippen molar-refractivity contribution in [3.63, 3.8) is 0 Å². The molecule has 3 heteroatoms. The average molecular weight is 148 g/mol. The lowest BCUT2D eigenvalue weighted by molar-refractivity contribution is -0.107. The first kappa shape index (κ1) is 8.66. The van der Waals surface area contributed by atoms with Crippen LogP contribution < -0.4 is 0 Å². The van der Waals surface area contributed by atoms with Gasteiger partial charge in [0.25, 0.3) is 0 Å². The zero-order valence-electron chi connectivity index (χ0n) is 5.60. The molecule has 0 heterocycles. The van der Waals surface area contributed by atoms with Crippen molar-refractivity contribution in [1.82, 2.24) is 4.90 Å². The van der Waals surface area contributed by atoms with Crippen LogP contribution in [-0.4, -0.2) is 30.8 Å². The van der Waals surface area contributed by atoms with E-state index >= 15 is 0 Å². The summed E-state index contributed by atoms with van der Waals surface area (Å²) in [6, 6.07) is 0. The van der Waals surface area contributed by atoms with Gasteiger partial charge in [0, 0.05) is 6.54 Å². The van der Waals surface area contributed by atoms with Crippen LogP contribution in [-0.2, 0) is 4.79 Å². The summed E-state index contributed by atoms with van der Waals surface area (Å²) in [5, 5.41) is -0.420. The number of carbonyl (C=O) groups is 1. The van der Waals surface area contributed by atoms with Crippen LogP contribution in [0.4, 0.5) is 0 Å². The zero-order chi connectivity index (χ0) is 7.28. The quantitative estimate of drug-likeness (QED) is 0.436. The molecule has 0 unspecified atom stereocenters. The van der Waals surface area contributed by atoms with Gasteiger partial charge >= 0.3 is 0 Å². The summed E-state index contributed by atoms with van der Waals surface area (Å²) in [6.45, 7) is 0.748. The van der Waals surface area contributed by atoms with Crippen LogP contribution >= 0.6 is 11.6 Å². The van der Waals surface area contributed by atoms with Gasteiger partial charge in [0.1, 0.15) is 0 Å². The third-order valence-corrected chi connectivity index (χ3v) is 0.845. The molecule has 0 spiro atoms. The van der Waals surface area contributed by atoms with Gasteiger partial charge in [0.2, 0.25) is 5.24 Å². The second kappa shape index (κ2) is 4.53. The Morgan fingerprint density at radius 1 is 1.67 bits per heavy atom. The van der Waals surface area contributed by atoms with Crippen molar-refractivity contribution in [2.24, 2.45) is 0 Å². The standard InChI is InChI=1S/C6H10ClNO/c1-8(2)5-3-4-6(7)9/h3-4H,5H2,1-2H3. The molecule has 0 amide bonds. The van der Waals surface area contributed by atoms with E-state index in [1.54, 1.807) is 6.08 Å². The molecule has 0 N–H and O–H groups in total. The Hall–Kier alpha value is -0.340. The molecular weight excluding hydrogens is 138 g/mol. The Labute approximate surface area is 60.1 Å². The normalized spacial score (nSPS) is 11.1. The summed E-state index contributed by atoms with van der Waals surface area (Å²) in [7, 11) is 3.84. The molecule has 0 aliphatic heterocycles. The minimum absolute atomic E-state index is 0.420. The molecule has 0 radical (unpaired) electrons. The average Bonchev–Trinajstić information content (AvgIpc) is 1.63. The van der Waals surface area contributed by atoms with Gasteiger partial charge in [-0.15, -0.1) is 0 Å². The third kappa shape index (κ3) is 7.66. The maximum atomic E-state index is 10.1. The van der Waals surface area contributed by atoms with Gasteiger partial charge in [-0.3, -0.25) is 4.79 Å². The van der Waals surface area contributed by atoms with E-state index in [0.717, 1.165) is 6.54 Å². The molecule has 0 aromatic carbocycles. The summed E-state index contributed by atoms with van der Waals surface area (Å²) >= 11 is 5.02. The van der Waals surface area contributed by atoms with E-state index in [2.05, 4.69) is 0 Å². The molecule has 2 nitrogen and oxygen atoms in total. The Kier molecular flexibility index (Phi) is 4.36. The molecule has 9 heavy (non-hydrogen) atoms. The van der Waals surface area contributed by atoms with E-state index in [1.807, 2.05) is 19.0 Å². The van der Waals surface area contributed by atoms with Gasteiger partial charge < -0.3 is 4.90 Å². The number of hydrogen-bond acceptors (Lipinski definition) is 2. The number of allylic oxidation sites excluding steroid dienone is 1. The summed E-state index contributed by atoms with van der Waals surface area (Å²) in [5.41, 5.74) is 0. The number of nitrogens with zero attached hydrogens (tertiary/aromatic N) is 1. The highest BCUT2D eigenvalue weighted by Gasteiger charge is 1.85. The predicted molar refractivity (Wildman–Crippen MR) is 38.6 cm³/mol. The van der Waals surface area contributed by atoms with Crippen LogP contribution in [0, 0.1) is 0 Å². The third-order valence-electron chi connectivity index (χ3n) is 0.719. The highest BCUT2D eigenvalue weighted by molar-refractivity contribution is 6.66. The monoisotopic (exact) mass is 147 g/mol. The maximum absolute atomic E-state index is 10.1. The Morgan fingerprint density at radius 3 is 2.56 bits per heavy atom. The zero-order valence-corrected chi connectivity index (χ0v) is 6.35. The van der Waals surface area contributed by atoms with E-state index in [1.165, 1.54) is 6.08 Å². The highest BCUT2D eigenvalue weighted by atomic mass is 35.5. The van der Waals surface area contributed by atoms with Crippen molar-refractivity contribution in [3.8, 4) is 0 Å². The summed E-state index contributed by atoms with van der Waals surface area (Å²) in [6.07, 6.45) is 3.07. The first-order valence-corrected chi connectivity index (χ1v) is 3.01. The van der Waals surface area contributed by atoms with Crippen molar-refractivity contribution in [2.45, 2.75) is 0 Å². The van der Waals surface area contributed by atoms with E-state index in [0.29, 0.717) is 0 Å². The Bertz CT molecular complexity index is 120. The van der Waals surface area contributed by atoms with Gasteiger partial charge in [0.05, 0.1) is 0 Å². The molecule has 0 aromatic rings. The fraction of sp³-hybridized carbons (Fsp3) is 0.500. The van der Waals surface area contributed by atoms with Crippen LogP contribution in [0.5, 0.6) is 0 Å². The second-order valence-electron chi connectivity index (χ2n) is 1.97. The van der Waals surface area contributed by atoms with Gasteiger partial charge in [-0.05, 0) is 31.8 Å². The lowest BCUT2D eigenvalue weighted by Gasteiger charge is -2.02. The topological polar surface area (TPSA) is 20.3 Å². The second-order valence-corrected chi connectivity index (χ2v) is 2.34. The van der Waals surface area contributed by atoms with Crippen molar-refractivity contribution < 1.29 is 4.79 Å². The largest absolute Gasteiger partial charge is 0.306 e.